The van der Waals surface area contributed by atoms with Crippen molar-refractivity contribution in [2.75, 3.05) is 0 Å². The molecule has 0 saturated heterocycles. The van der Waals surface area contributed by atoms with Gasteiger partial charge in [-0.1, -0.05) is 12.1 Å². The maximum atomic E-state index is 13.1. The van der Waals surface area contributed by atoms with Gasteiger partial charge in [-0.3, -0.25) is 4.99 Å². The van der Waals surface area contributed by atoms with E-state index in [0.717, 1.165) is 5.56 Å². The Kier molecular flexibility index (Phi) is 3.04. The molecule has 0 bridgehead atoms. The zero-order chi connectivity index (χ0) is 10.8. The Morgan fingerprint density at radius 3 is 2.50 bits per heavy atom. The average molecular weight is 193 g/mol. The molecule has 0 aliphatic carbocycles. The molecule has 14 heavy (non-hydrogen) atoms. The minimum atomic E-state index is -0.178. The molecule has 1 rings (SSSR count). The molecule has 1 nitrogen and oxygen atoms in total. The number of hydrogen-bond donors (Lipinski definition) is 0. The van der Waals surface area contributed by atoms with Crippen molar-refractivity contribution in [2.45, 2.75) is 33.2 Å². The van der Waals surface area contributed by atoms with Gasteiger partial charge in [0.25, 0.3) is 0 Å². The molecular formula is C12H16FN. The third kappa shape index (κ3) is 2.95. The van der Waals surface area contributed by atoms with E-state index in [0.29, 0.717) is 5.56 Å². The molecule has 0 heterocycles. The van der Waals surface area contributed by atoms with E-state index in [2.05, 4.69) is 4.99 Å². The van der Waals surface area contributed by atoms with Gasteiger partial charge >= 0.3 is 0 Å². The van der Waals surface area contributed by atoms with Gasteiger partial charge < -0.3 is 0 Å². The second-order valence-electron chi connectivity index (χ2n) is 4.38. The van der Waals surface area contributed by atoms with Gasteiger partial charge in [0.05, 0.1) is 5.54 Å². The summed E-state index contributed by atoms with van der Waals surface area (Å²) in [5.74, 6) is -0.178. The zero-order valence-corrected chi connectivity index (χ0v) is 9.13. The second-order valence-corrected chi connectivity index (χ2v) is 4.38. The first-order chi connectivity index (χ1) is 6.40. The van der Waals surface area contributed by atoms with Gasteiger partial charge in [-0.15, -0.1) is 0 Å². The van der Waals surface area contributed by atoms with E-state index in [1.54, 1.807) is 19.2 Å². The van der Waals surface area contributed by atoms with Crippen LogP contribution < -0.4 is 0 Å². The van der Waals surface area contributed by atoms with E-state index < -0.39 is 0 Å². The number of aliphatic imine (C=N–C) groups is 1. The maximum absolute atomic E-state index is 13.1. The molecule has 0 fully saturated rings. The molecule has 0 unspecified atom stereocenters. The summed E-state index contributed by atoms with van der Waals surface area (Å²) in [7, 11) is 0. The molecule has 0 atom stereocenters. The normalized spacial score (nSPS) is 12.4. The summed E-state index contributed by atoms with van der Waals surface area (Å²) in [5, 5.41) is 0. The van der Waals surface area contributed by atoms with Gasteiger partial charge in [0.15, 0.2) is 0 Å². The second kappa shape index (κ2) is 3.91. The molecule has 0 saturated carbocycles. The largest absolute Gasteiger partial charge is 0.287 e. The number of benzene rings is 1. The van der Waals surface area contributed by atoms with Gasteiger partial charge in [-0.2, -0.15) is 0 Å². The Hall–Kier alpha value is -1.18. The first-order valence-electron chi connectivity index (χ1n) is 4.70. The first-order valence-corrected chi connectivity index (χ1v) is 4.70. The molecule has 0 N–H and O–H groups in total. The lowest BCUT2D eigenvalue weighted by molar-refractivity contribution is 0.586. The van der Waals surface area contributed by atoms with Crippen molar-refractivity contribution in [3.8, 4) is 0 Å². The molecule has 0 spiro atoms. The molecule has 0 aromatic heterocycles. The van der Waals surface area contributed by atoms with Crippen molar-refractivity contribution in [3.63, 3.8) is 0 Å². The Balaban J connectivity index is 2.98. The lowest BCUT2D eigenvalue weighted by Crippen LogP contribution is -2.10. The van der Waals surface area contributed by atoms with Crippen molar-refractivity contribution in [1.29, 1.82) is 0 Å². The predicted molar refractivity (Wildman–Crippen MR) is 58.5 cm³/mol. The van der Waals surface area contributed by atoms with Crippen LogP contribution in [0.1, 0.15) is 31.9 Å². The van der Waals surface area contributed by atoms with Gasteiger partial charge in [-0.25, -0.2) is 4.39 Å². The van der Waals surface area contributed by atoms with Crippen LogP contribution in [0.4, 0.5) is 4.39 Å². The van der Waals surface area contributed by atoms with Gasteiger partial charge in [-0.05, 0) is 44.9 Å². The predicted octanol–water partition coefficient (Wildman–Crippen LogP) is 3.35. The molecule has 76 valence electrons. The van der Waals surface area contributed by atoms with E-state index in [1.165, 1.54) is 6.07 Å². The smallest absolute Gasteiger partial charge is 0.126 e. The fourth-order valence-electron chi connectivity index (χ4n) is 1.03. The van der Waals surface area contributed by atoms with E-state index in [1.807, 2.05) is 26.8 Å². The molecule has 0 aliphatic heterocycles. The van der Waals surface area contributed by atoms with Crippen molar-refractivity contribution in [1.82, 2.24) is 0 Å². The average Bonchev–Trinajstić information content (AvgIpc) is 2.06. The lowest BCUT2D eigenvalue weighted by atomic mass is 10.1. The van der Waals surface area contributed by atoms with E-state index in [9.17, 15) is 4.39 Å². The van der Waals surface area contributed by atoms with Crippen LogP contribution in [0.2, 0.25) is 0 Å². The fourth-order valence-corrected chi connectivity index (χ4v) is 1.03. The van der Waals surface area contributed by atoms with Crippen molar-refractivity contribution < 1.29 is 4.39 Å². The van der Waals surface area contributed by atoms with Gasteiger partial charge in [0.2, 0.25) is 0 Å². The first kappa shape index (κ1) is 10.9. The Labute approximate surface area is 84.7 Å². The summed E-state index contributed by atoms with van der Waals surface area (Å²) in [6.07, 6.45) is 1.73. The maximum Gasteiger partial charge on any atom is 0.126 e. The third-order valence-corrected chi connectivity index (χ3v) is 1.90. The Bertz CT molecular complexity index is 348. The molecule has 0 radical (unpaired) electrons. The summed E-state index contributed by atoms with van der Waals surface area (Å²) in [6, 6.07) is 5.03. The summed E-state index contributed by atoms with van der Waals surface area (Å²) in [5.41, 5.74) is 1.39. The monoisotopic (exact) mass is 193 g/mol. The minimum absolute atomic E-state index is 0.112. The molecule has 0 amide bonds. The zero-order valence-electron chi connectivity index (χ0n) is 9.13. The van der Waals surface area contributed by atoms with Crippen LogP contribution >= 0.6 is 0 Å². The highest BCUT2D eigenvalue weighted by Gasteiger charge is 2.06. The van der Waals surface area contributed by atoms with Crippen LogP contribution in [0.15, 0.2) is 23.2 Å². The van der Waals surface area contributed by atoms with E-state index in [-0.39, 0.29) is 11.4 Å². The SMILES string of the molecule is Cc1c(F)cccc1C=NC(C)(C)C. The highest BCUT2D eigenvalue weighted by Crippen LogP contribution is 2.12. The third-order valence-electron chi connectivity index (χ3n) is 1.90. The van der Waals surface area contributed by atoms with Crippen LogP contribution in [0.5, 0.6) is 0 Å². The topological polar surface area (TPSA) is 12.4 Å². The van der Waals surface area contributed by atoms with Crippen molar-refractivity contribution >= 4 is 6.21 Å². The number of rotatable bonds is 1. The molecule has 1 aromatic rings. The van der Waals surface area contributed by atoms with Crippen LogP contribution in [-0.2, 0) is 0 Å². The number of hydrogen-bond acceptors (Lipinski definition) is 1. The lowest BCUT2D eigenvalue weighted by Gasteiger charge is -2.11. The fraction of sp³-hybridized carbons (Fsp3) is 0.417. The summed E-state index contributed by atoms with van der Waals surface area (Å²) >= 11 is 0. The summed E-state index contributed by atoms with van der Waals surface area (Å²) in [4.78, 5) is 4.34. The number of halogens is 1. The quantitative estimate of drug-likeness (QED) is 0.606. The summed E-state index contributed by atoms with van der Waals surface area (Å²) in [6.45, 7) is 7.80. The van der Waals surface area contributed by atoms with Gasteiger partial charge in [0, 0.05) is 6.21 Å². The van der Waals surface area contributed by atoms with Crippen LogP contribution in [-0.4, -0.2) is 11.8 Å². The Morgan fingerprint density at radius 2 is 1.93 bits per heavy atom. The van der Waals surface area contributed by atoms with Gasteiger partial charge in [0.1, 0.15) is 5.82 Å². The van der Waals surface area contributed by atoms with Crippen LogP contribution in [0, 0.1) is 12.7 Å². The Morgan fingerprint density at radius 1 is 1.29 bits per heavy atom. The number of nitrogens with zero attached hydrogens (tertiary/aromatic N) is 1. The van der Waals surface area contributed by atoms with Crippen molar-refractivity contribution in [2.24, 2.45) is 4.99 Å². The standard InChI is InChI=1S/C12H16FN/c1-9-10(6-5-7-11(9)13)8-14-12(2,3)4/h5-8H,1-4H3. The van der Waals surface area contributed by atoms with Crippen LogP contribution in [0.25, 0.3) is 0 Å². The van der Waals surface area contributed by atoms with Crippen molar-refractivity contribution in [3.05, 3.63) is 35.1 Å². The highest BCUT2D eigenvalue weighted by molar-refractivity contribution is 5.81. The van der Waals surface area contributed by atoms with E-state index in [4.69, 9.17) is 0 Å². The molecular weight excluding hydrogens is 177 g/mol. The van der Waals surface area contributed by atoms with E-state index >= 15 is 0 Å². The molecule has 2 heteroatoms. The minimum Gasteiger partial charge on any atom is -0.287 e. The molecule has 1 aromatic carbocycles. The highest BCUT2D eigenvalue weighted by atomic mass is 19.1. The molecule has 0 aliphatic rings. The van der Waals surface area contributed by atoms with Crippen LogP contribution in [0.3, 0.4) is 0 Å². The summed E-state index contributed by atoms with van der Waals surface area (Å²) < 4.78 is 13.1.